The second-order valence-electron chi connectivity index (χ2n) is 7.84. The van der Waals surface area contributed by atoms with E-state index in [4.69, 9.17) is 5.73 Å². The maximum absolute atomic E-state index is 14.2. The molecule has 0 spiro atoms. The van der Waals surface area contributed by atoms with Crippen molar-refractivity contribution in [3.63, 3.8) is 0 Å². The molecule has 5 rings (SSSR count). The lowest BCUT2D eigenvalue weighted by atomic mass is 10.1. The number of benzene rings is 2. The van der Waals surface area contributed by atoms with Gasteiger partial charge in [-0.3, -0.25) is 15.1 Å². The topological polar surface area (TPSA) is 80.6 Å². The molecule has 2 aromatic carbocycles. The first-order valence-corrected chi connectivity index (χ1v) is 10.3. The van der Waals surface area contributed by atoms with Crippen molar-refractivity contribution in [3.05, 3.63) is 66.0 Å². The first-order valence-electron chi connectivity index (χ1n) is 10.3. The Balaban J connectivity index is 1.71. The number of hydrogen-bond donors (Lipinski definition) is 2. The summed E-state index contributed by atoms with van der Waals surface area (Å²) in [6.45, 7) is 1.17. The number of fused-ring (bicyclic) bond motifs is 2. The van der Waals surface area contributed by atoms with Gasteiger partial charge in [0.25, 0.3) is 0 Å². The van der Waals surface area contributed by atoms with Crippen LogP contribution in [0.4, 0.5) is 14.5 Å². The number of nitrogens with two attached hydrogens (primary N) is 1. The molecule has 0 aliphatic carbocycles. The minimum atomic E-state index is -0.786. The number of rotatable bonds is 6. The fourth-order valence-electron chi connectivity index (χ4n) is 4.35. The molecule has 164 valence electrons. The molecule has 0 saturated carbocycles. The van der Waals surface area contributed by atoms with E-state index in [2.05, 4.69) is 10.5 Å². The molecule has 0 fully saturated rings. The summed E-state index contributed by atoms with van der Waals surface area (Å²) in [7, 11) is 1.86. The number of amidine groups is 1. The molecule has 0 bridgehead atoms. The van der Waals surface area contributed by atoms with E-state index in [0.29, 0.717) is 40.9 Å². The molecule has 1 unspecified atom stereocenters. The van der Waals surface area contributed by atoms with Gasteiger partial charge in [0, 0.05) is 47.8 Å². The summed E-state index contributed by atoms with van der Waals surface area (Å²) < 4.78 is 32.1. The van der Waals surface area contributed by atoms with E-state index >= 15 is 0 Å². The molecule has 1 atom stereocenters. The molecular formula is C23H22F2N6O. The predicted molar refractivity (Wildman–Crippen MR) is 120 cm³/mol. The van der Waals surface area contributed by atoms with Crippen molar-refractivity contribution in [2.24, 2.45) is 17.9 Å². The lowest BCUT2D eigenvalue weighted by Crippen LogP contribution is -2.41. The number of hydrogen-bond acceptors (Lipinski definition) is 5. The van der Waals surface area contributed by atoms with Crippen LogP contribution in [0.5, 0.6) is 0 Å². The lowest BCUT2D eigenvalue weighted by molar-refractivity contribution is -0.109. The Hall–Kier alpha value is -3.72. The number of carbonyl (C=O) groups is 1. The summed E-state index contributed by atoms with van der Waals surface area (Å²) in [4.78, 5) is 13.7. The second-order valence-corrected chi connectivity index (χ2v) is 7.84. The number of carbonyl (C=O) groups excluding carboxylic acids is 1. The highest BCUT2D eigenvalue weighted by Gasteiger charge is 2.33. The van der Waals surface area contributed by atoms with Crippen LogP contribution in [0.3, 0.4) is 0 Å². The normalized spacial score (nSPS) is 16.1. The highest BCUT2D eigenvalue weighted by molar-refractivity contribution is 6.21. The standard InChI is InChI=1S/C23H22F2N6O/c1-29-11-18(16-9-14(24)3-5-19(16)29)23-28-27-22(13-32)31(23)21-12-30(8-2-7-26)20-6-4-15(25)10-17(20)21/h3-6,9-13,22,27H,2,7-8,26H2,1H3. The van der Waals surface area contributed by atoms with Crippen molar-refractivity contribution in [3.8, 4) is 0 Å². The second kappa shape index (κ2) is 7.76. The van der Waals surface area contributed by atoms with Crippen molar-refractivity contribution in [1.29, 1.82) is 0 Å². The highest BCUT2D eigenvalue weighted by Crippen LogP contribution is 2.35. The number of nitrogens with zero attached hydrogens (tertiary/aromatic N) is 4. The number of aldehydes is 1. The molecule has 1 aliphatic rings. The van der Waals surface area contributed by atoms with E-state index in [1.807, 2.05) is 28.6 Å². The van der Waals surface area contributed by atoms with Gasteiger partial charge >= 0.3 is 0 Å². The summed E-state index contributed by atoms with van der Waals surface area (Å²) in [6, 6.07) is 9.13. The average Bonchev–Trinajstić information content (AvgIpc) is 3.45. The van der Waals surface area contributed by atoms with E-state index in [9.17, 15) is 13.6 Å². The van der Waals surface area contributed by atoms with Crippen molar-refractivity contribution in [2.75, 3.05) is 11.4 Å². The van der Waals surface area contributed by atoms with Crippen LogP contribution in [0.1, 0.15) is 12.0 Å². The maximum Gasteiger partial charge on any atom is 0.177 e. The largest absolute Gasteiger partial charge is 0.350 e. The first-order chi connectivity index (χ1) is 15.5. The summed E-state index contributed by atoms with van der Waals surface area (Å²) in [6.07, 6.45) is 4.43. The highest BCUT2D eigenvalue weighted by atomic mass is 19.1. The zero-order valence-electron chi connectivity index (χ0n) is 17.4. The lowest BCUT2D eigenvalue weighted by Gasteiger charge is -2.23. The van der Waals surface area contributed by atoms with Gasteiger partial charge in [-0.25, -0.2) is 8.78 Å². The van der Waals surface area contributed by atoms with Crippen molar-refractivity contribution >= 4 is 39.6 Å². The fourth-order valence-corrected chi connectivity index (χ4v) is 4.35. The molecule has 9 heteroatoms. The van der Waals surface area contributed by atoms with Crippen LogP contribution in [-0.2, 0) is 18.4 Å². The number of nitrogens with one attached hydrogen (secondary N) is 1. The zero-order chi connectivity index (χ0) is 22.4. The van der Waals surface area contributed by atoms with Crippen LogP contribution in [0, 0.1) is 11.6 Å². The molecule has 32 heavy (non-hydrogen) atoms. The van der Waals surface area contributed by atoms with Gasteiger partial charge in [-0.1, -0.05) is 0 Å². The number of anilines is 1. The Bertz CT molecular complexity index is 1370. The Morgan fingerprint density at radius 2 is 1.81 bits per heavy atom. The molecule has 2 aromatic heterocycles. The van der Waals surface area contributed by atoms with E-state index in [0.717, 1.165) is 23.7 Å². The van der Waals surface area contributed by atoms with Gasteiger partial charge in [0.15, 0.2) is 18.3 Å². The van der Waals surface area contributed by atoms with Crippen molar-refractivity contribution < 1.29 is 13.6 Å². The van der Waals surface area contributed by atoms with Crippen LogP contribution in [-0.4, -0.2) is 34.0 Å². The van der Waals surface area contributed by atoms with Gasteiger partial charge in [-0.2, -0.15) is 5.10 Å². The fraction of sp³-hybridized carbons (Fsp3) is 0.217. The smallest absolute Gasteiger partial charge is 0.177 e. The Morgan fingerprint density at radius 3 is 2.53 bits per heavy atom. The van der Waals surface area contributed by atoms with E-state index in [-0.39, 0.29) is 11.6 Å². The minimum Gasteiger partial charge on any atom is -0.350 e. The quantitative estimate of drug-likeness (QED) is 0.456. The van der Waals surface area contributed by atoms with Gasteiger partial charge in [0.1, 0.15) is 11.6 Å². The predicted octanol–water partition coefficient (Wildman–Crippen LogP) is 3.06. The number of hydrazone groups is 1. The molecule has 3 heterocycles. The maximum atomic E-state index is 14.2. The van der Waals surface area contributed by atoms with E-state index in [1.165, 1.54) is 24.3 Å². The zero-order valence-corrected chi connectivity index (χ0v) is 17.4. The van der Waals surface area contributed by atoms with Crippen LogP contribution in [0.15, 0.2) is 53.9 Å². The minimum absolute atomic E-state index is 0.365. The third-order valence-corrected chi connectivity index (χ3v) is 5.82. The van der Waals surface area contributed by atoms with Crippen LogP contribution in [0.25, 0.3) is 21.8 Å². The molecule has 1 aliphatic heterocycles. The van der Waals surface area contributed by atoms with E-state index < -0.39 is 6.17 Å². The molecule has 4 aromatic rings. The van der Waals surface area contributed by atoms with Crippen LogP contribution in [0.2, 0.25) is 0 Å². The Labute approximate surface area is 182 Å². The molecule has 0 radical (unpaired) electrons. The van der Waals surface area contributed by atoms with Crippen LogP contribution >= 0.6 is 0 Å². The Morgan fingerprint density at radius 1 is 1.09 bits per heavy atom. The third kappa shape index (κ3) is 3.13. The van der Waals surface area contributed by atoms with E-state index in [1.54, 1.807) is 17.0 Å². The molecular weight excluding hydrogens is 414 g/mol. The van der Waals surface area contributed by atoms with Crippen LogP contribution < -0.4 is 16.1 Å². The van der Waals surface area contributed by atoms with Gasteiger partial charge in [0.2, 0.25) is 0 Å². The number of aryl methyl sites for hydroxylation is 2. The molecule has 0 saturated heterocycles. The first kappa shape index (κ1) is 20.2. The molecule has 7 nitrogen and oxygen atoms in total. The number of aromatic nitrogens is 2. The third-order valence-electron chi connectivity index (χ3n) is 5.82. The number of halogens is 2. The van der Waals surface area contributed by atoms with Gasteiger partial charge in [-0.05, 0) is 49.4 Å². The summed E-state index contributed by atoms with van der Waals surface area (Å²) in [5, 5.41) is 5.73. The molecule has 3 N–H and O–H groups in total. The van der Waals surface area contributed by atoms with Crippen molar-refractivity contribution in [2.45, 2.75) is 19.1 Å². The Kier molecular flexibility index (Phi) is 4.90. The molecule has 0 amide bonds. The van der Waals surface area contributed by atoms with Gasteiger partial charge in [-0.15, -0.1) is 0 Å². The SMILES string of the molecule is Cn1cc(C2=NNC(C=O)N2c2cn(CCCN)c3ccc(F)cc23)c2cc(F)ccc21. The summed E-state index contributed by atoms with van der Waals surface area (Å²) in [5.41, 5.74) is 11.5. The van der Waals surface area contributed by atoms with Gasteiger partial charge < -0.3 is 14.9 Å². The monoisotopic (exact) mass is 436 g/mol. The summed E-state index contributed by atoms with van der Waals surface area (Å²) in [5.74, 6) is -0.285. The summed E-state index contributed by atoms with van der Waals surface area (Å²) >= 11 is 0. The van der Waals surface area contributed by atoms with Crippen molar-refractivity contribution in [1.82, 2.24) is 14.6 Å². The average molecular weight is 436 g/mol. The van der Waals surface area contributed by atoms with Gasteiger partial charge in [0.05, 0.1) is 11.2 Å².